The highest BCUT2D eigenvalue weighted by Gasteiger charge is 2.20. The van der Waals surface area contributed by atoms with Crippen molar-refractivity contribution < 1.29 is 19.0 Å². The third-order valence-corrected chi connectivity index (χ3v) is 6.37. The maximum atomic E-state index is 12.4. The highest BCUT2D eigenvalue weighted by molar-refractivity contribution is 6.36. The van der Waals surface area contributed by atoms with Gasteiger partial charge < -0.3 is 24.0 Å². The van der Waals surface area contributed by atoms with Crippen LogP contribution in [-0.4, -0.2) is 79.7 Å². The van der Waals surface area contributed by atoms with E-state index < -0.39 is 5.97 Å². The number of hydrogen-bond donors (Lipinski definition) is 1. The average Bonchev–Trinajstić information content (AvgIpc) is 2.95. The molecule has 2 aromatic carbocycles. The molecule has 13 heteroatoms. The number of nitrogens with zero attached hydrogens (tertiary/aromatic N) is 6. The summed E-state index contributed by atoms with van der Waals surface area (Å²) in [6.45, 7) is 5.31. The summed E-state index contributed by atoms with van der Waals surface area (Å²) >= 11 is 12.0. The molecule has 0 amide bonds. The standard InChI is InChI=1S/C25H25Cl2N7O4/c26-18-3-6-20(21(27)15-18)22(35)38-19-4-1-17(2-5-19)16-28-32-23-29-24(33-7-11-36-12-8-33)31-25(30-23)34-9-13-37-14-10-34/h1-6,15-16H,7-14H2,(H,29,30,31,32)/b28-16-. The molecule has 2 saturated heterocycles. The van der Waals surface area contributed by atoms with Gasteiger partial charge in [0.25, 0.3) is 0 Å². The minimum absolute atomic E-state index is 0.226. The van der Waals surface area contributed by atoms with Gasteiger partial charge in [-0.3, -0.25) is 0 Å². The fourth-order valence-electron chi connectivity index (χ4n) is 3.82. The van der Waals surface area contributed by atoms with Crippen LogP contribution >= 0.6 is 23.2 Å². The van der Waals surface area contributed by atoms with Crippen molar-refractivity contribution in [3.8, 4) is 5.75 Å². The highest BCUT2D eigenvalue weighted by Crippen LogP contribution is 2.23. The summed E-state index contributed by atoms with van der Waals surface area (Å²) < 4.78 is 16.3. The van der Waals surface area contributed by atoms with Crippen LogP contribution in [0, 0.1) is 0 Å². The predicted octanol–water partition coefficient (Wildman–Crippen LogP) is 3.52. The number of hydrogen-bond acceptors (Lipinski definition) is 11. The Morgan fingerprint density at radius 3 is 2.08 bits per heavy atom. The van der Waals surface area contributed by atoms with Gasteiger partial charge in [0.15, 0.2) is 0 Å². The Labute approximate surface area is 229 Å². The van der Waals surface area contributed by atoms with Crippen LogP contribution in [-0.2, 0) is 9.47 Å². The van der Waals surface area contributed by atoms with Gasteiger partial charge in [-0.2, -0.15) is 20.1 Å². The van der Waals surface area contributed by atoms with E-state index in [4.69, 9.17) is 37.4 Å². The summed E-state index contributed by atoms with van der Waals surface area (Å²) in [5.74, 6) is 1.29. The summed E-state index contributed by atoms with van der Waals surface area (Å²) in [5, 5.41) is 4.96. The first kappa shape index (κ1) is 26.1. The molecule has 0 atom stereocenters. The zero-order valence-electron chi connectivity index (χ0n) is 20.3. The molecular formula is C25H25Cl2N7O4. The van der Waals surface area contributed by atoms with Gasteiger partial charge in [-0.1, -0.05) is 23.2 Å². The van der Waals surface area contributed by atoms with Gasteiger partial charge >= 0.3 is 5.97 Å². The number of nitrogens with one attached hydrogen (secondary N) is 1. The minimum Gasteiger partial charge on any atom is -0.423 e. The molecule has 1 N–H and O–H groups in total. The molecule has 5 rings (SSSR count). The van der Waals surface area contributed by atoms with Gasteiger partial charge in [-0.15, -0.1) is 0 Å². The first-order valence-corrected chi connectivity index (χ1v) is 12.8. The lowest BCUT2D eigenvalue weighted by Gasteiger charge is -2.30. The molecule has 2 aliphatic rings. The van der Waals surface area contributed by atoms with Gasteiger partial charge in [-0.25, -0.2) is 10.2 Å². The molecule has 2 fully saturated rings. The van der Waals surface area contributed by atoms with Crippen molar-refractivity contribution in [3.05, 3.63) is 63.6 Å². The Bertz CT molecular complexity index is 1260. The second-order valence-corrected chi connectivity index (χ2v) is 9.25. The molecule has 0 radical (unpaired) electrons. The molecule has 3 aromatic rings. The molecule has 2 aliphatic heterocycles. The predicted molar refractivity (Wildman–Crippen MR) is 145 cm³/mol. The quantitative estimate of drug-likeness (QED) is 0.200. The SMILES string of the molecule is O=C(Oc1ccc(/C=N\Nc2nc(N3CCOCC3)nc(N3CCOCC3)n2)cc1)c1ccc(Cl)cc1Cl. The molecule has 1 aromatic heterocycles. The molecule has 3 heterocycles. The molecule has 11 nitrogen and oxygen atoms in total. The number of benzene rings is 2. The van der Waals surface area contributed by atoms with E-state index in [2.05, 4.69) is 35.3 Å². The van der Waals surface area contributed by atoms with Gasteiger partial charge in [-0.05, 0) is 48.0 Å². The number of hydrazone groups is 1. The number of morpholine rings is 2. The van der Waals surface area contributed by atoms with Crippen LogP contribution in [0.1, 0.15) is 15.9 Å². The van der Waals surface area contributed by atoms with E-state index >= 15 is 0 Å². The monoisotopic (exact) mass is 557 g/mol. The van der Waals surface area contributed by atoms with E-state index in [-0.39, 0.29) is 10.6 Å². The normalized spacial score (nSPS) is 16.1. The summed E-state index contributed by atoms with van der Waals surface area (Å²) in [6, 6.07) is 11.5. The second-order valence-electron chi connectivity index (χ2n) is 8.41. The topological polar surface area (TPSA) is 114 Å². The van der Waals surface area contributed by atoms with E-state index in [0.717, 1.165) is 5.56 Å². The van der Waals surface area contributed by atoms with E-state index in [1.807, 2.05) is 0 Å². The number of halogens is 2. The first-order valence-electron chi connectivity index (χ1n) is 12.0. The summed E-state index contributed by atoms with van der Waals surface area (Å²) in [5.41, 5.74) is 3.92. The number of anilines is 3. The molecule has 0 spiro atoms. The van der Waals surface area contributed by atoms with Crippen LogP contribution in [0.2, 0.25) is 10.0 Å². The molecule has 198 valence electrons. The Balaban J connectivity index is 1.25. The Kier molecular flexibility index (Phi) is 8.49. The summed E-state index contributed by atoms with van der Waals surface area (Å²) in [6.07, 6.45) is 1.62. The number of aromatic nitrogens is 3. The molecular weight excluding hydrogens is 533 g/mol. The third kappa shape index (κ3) is 6.67. The molecule has 0 saturated carbocycles. The smallest absolute Gasteiger partial charge is 0.345 e. The second kappa shape index (κ2) is 12.4. The minimum atomic E-state index is -0.572. The van der Waals surface area contributed by atoms with Gasteiger partial charge in [0, 0.05) is 31.2 Å². The summed E-state index contributed by atoms with van der Waals surface area (Å²) in [4.78, 5) is 30.4. The van der Waals surface area contributed by atoms with E-state index in [1.165, 1.54) is 12.1 Å². The van der Waals surface area contributed by atoms with Crippen LogP contribution in [0.4, 0.5) is 17.8 Å². The van der Waals surface area contributed by atoms with Crippen molar-refractivity contribution in [2.45, 2.75) is 0 Å². The van der Waals surface area contributed by atoms with Gasteiger partial charge in [0.05, 0.1) is 43.2 Å². The molecule has 0 unspecified atom stereocenters. The third-order valence-electron chi connectivity index (χ3n) is 5.82. The fourth-order valence-corrected chi connectivity index (χ4v) is 4.30. The van der Waals surface area contributed by atoms with Crippen LogP contribution < -0.4 is 20.0 Å². The number of rotatable bonds is 7. The zero-order chi connectivity index (χ0) is 26.3. The molecule has 0 aliphatic carbocycles. The maximum Gasteiger partial charge on any atom is 0.345 e. The molecule has 38 heavy (non-hydrogen) atoms. The van der Waals surface area contributed by atoms with Crippen LogP contribution in [0.5, 0.6) is 5.75 Å². The number of carbonyl (C=O) groups is 1. The van der Waals surface area contributed by atoms with Gasteiger partial charge in [0.1, 0.15) is 5.75 Å². The lowest BCUT2D eigenvalue weighted by Crippen LogP contribution is -2.40. The van der Waals surface area contributed by atoms with E-state index in [9.17, 15) is 4.79 Å². The first-order chi connectivity index (χ1) is 18.5. The van der Waals surface area contributed by atoms with Crippen molar-refractivity contribution >= 4 is 53.2 Å². The lowest BCUT2D eigenvalue weighted by molar-refractivity contribution is 0.0735. The van der Waals surface area contributed by atoms with Crippen molar-refractivity contribution in [2.24, 2.45) is 5.10 Å². The zero-order valence-corrected chi connectivity index (χ0v) is 21.9. The van der Waals surface area contributed by atoms with Crippen molar-refractivity contribution in [3.63, 3.8) is 0 Å². The van der Waals surface area contributed by atoms with Crippen molar-refractivity contribution in [1.82, 2.24) is 15.0 Å². The maximum absolute atomic E-state index is 12.4. The highest BCUT2D eigenvalue weighted by atomic mass is 35.5. The Morgan fingerprint density at radius 1 is 0.895 bits per heavy atom. The van der Waals surface area contributed by atoms with Crippen LogP contribution in [0.3, 0.4) is 0 Å². The largest absolute Gasteiger partial charge is 0.423 e. The average molecular weight is 558 g/mol. The van der Waals surface area contributed by atoms with Crippen LogP contribution in [0.25, 0.3) is 0 Å². The Morgan fingerprint density at radius 2 is 1.50 bits per heavy atom. The van der Waals surface area contributed by atoms with Crippen LogP contribution in [0.15, 0.2) is 47.6 Å². The number of ether oxygens (including phenoxy) is 3. The number of carbonyl (C=O) groups excluding carboxylic acids is 1. The number of esters is 1. The van der Waals surface area contributed by atoms with E-state index in [1.54, 1.807) is 36.5 Å². The fraction of sp³-hybridized carbons (Fsp3) is 0.320. The van der Waals surface area contributed by atoms with Gasteiger partial charge in [0.2, 0.25) is 17.8 Å². The Hall–Kier alpha value is -3.51. The molecule has 0 bridgehead atoms. The lowest BCUT2D eigenvalue weighted by atomic mass is 10.2. The van der Waals surface area contributed by atoms with Crippen molar-refractivity contribution in [1.29, 1.82) is 0 Å². The van der Waals surface area contributed by atoms with E-state index in [0.29, 0.717) is 81.2 Å². The van der Waals surface area contributed by atoms with Crippen molar-refractivity contribution in [2.75, 3.05) is 67.8 Å². The summed E-state index contributed by atoms with van der Waals surface area (Å²) in [7, 11) is 0.